The van der Waals surface area contributed by atoms with E-state index in [0.29, 0.717) is 16.6 Å². The van der Waals surface area contributed by atoms with E-state index >= 15 is 0 Å². The van der Waals surface area contributed by atoms with Crippen molar-refractivity contribution in [2.24, 2.45) is 0 Å². The second-order valence-electron chi connectivity index (χ2n) is 4.03. The number of hydrogen-bond donors (Lipinski definition) is 0. The van der Waals surface area contributed by atoms with E-state index in [1.165, 1.54) is 6.07 Å². The van der Waals surface area contributed by atoms with Gasteiger partial charge in [-0.25, -0.2) is 4.39 Å². The molecule has 0 saturated carbocycles. The lowest BCUT2D eigenvalue weighted by Crippen LogP contribution is -1.98. The van der Waals surface area contributed by atoms with Crippen molar-refractivity contribution in [3.8, 4) is 5.75 Å². The third-order valence-electron chi connectivity index (χ3n) is 2.72. The van der Waals surface area contributed by atoms with Crippen molar-refractivity contribution in [2.45, 2.75) is 12.3 Å². The smallest absolute Gasteiger partial charge is 0.129 e. The van der Waals surface area contributed by atoms with Gasteiger partial charge in [0.2, 0.25) is 0 Å². The number of ether oxygens (including phenoxy) is 1. The lowest BCUT2D eigenvalue weighted by Gasteiger charge is -2.12. The van der Waals surface area contributed by atoms with E-state index in [2.05, 4.69) is 15.9 Å². The second-order valence-corrected chi connectivity index (χ2v) is 5.38. The summed E-state index contributed by atoms with van der Waals surface area (Å²) in [6.45, 7) is 2.54. The summed E-state index contributed by atoms with van der Waals surface area (Å²) in [4.78, 5) is 0. The van der Waals surface area contributed by atoms with E-state index in [1.807, 2.05) is 31.2 Å². The van der Waals surface area contributed by atoms with E-state index < -0.39 is 5.38 Å². The maximum absolute atomic E-state index is 13.8. The van der Waals surface area contributed by atoms with Gasteiger partial charge in [0.25, 0.3) is 0 Å². The van der Waals surface area contributed by atoms with Gasteiger partial charge in [0, 0.05) is 10.0 Å². The largest absolute Gasteiger partial charge is 0.494 e. The van der Waals surface area contributed by atoms with Crippen LogP contribution < -0.4 is 4.74 Å². The van der Waals surface area contributed by atoms with Gasteiger partial charge < -0.3 is 4.74 Å². The van der Waals surface area contributed by atoms with Crippen LogP contribution in [0.3, 0.4) is 0 Å². The summed E-state index contributed by atoms with van der Waals surface area (Å²) in [6, 6.07) is 12.3. The van der Waals surface area contributed by atoms with Gasteiger partial charge in [-0.15, -0.1) is 11.6 Å². The zero-order valence-corrected chi connectivity index (χ0v) is 12.7. The second kappa shape index (κ2) is 6.40. The summed E-state index contributed by atoms with van der Waals surface area (Å²) < 4.78 is 19.9. The van der Waals surface area contributed by atoms with Crippen LogP contribution in [0.5, 0.6) is 5.75 Å². The highest BCUT2D eigenvalue weighted by Gasteiger charge is 2.15. The Morgan fingerprint density at radius 1 is 1.21 bits per heavy atom. The molecule has 0 heterocycles. The maximum atomic E-state index is 13.8. The molecule has 2 rings (SSSR count). The summed E-state index contributed by atoms with van der Waals surface area (Å²) in [5, 5.41) is -0.510. The van der Waals surface area contributed by atoms with E-state index in [1.54, 1.807) is 12.1 Å². The number of halogens is 3. The molecule has 100 valence electrons. The van der Waals surface area contributed by atoms with Crippen LogP contribution in [0.15, 0.2) is 46.9 Å². The normalized spacial score (nSPS) is 12.2. The van der Waals surface area contributed by atoms with Crippen LogP contribution >= 0.6 is 27.5 Å². The quantitative estimate of drug-likeness (QED) is 0.683. The monoisotopic (exact) mass is 342 g/mol. The van der Waals surface area contributed by atoms with E-state index in [-0.39, 0.29) is 5.82 Å². The summed E-state index contributed by atoms with van der Waals surface area (Å²) in [6.07, 6.45) is 0. The van der Waals surface area contributed by atoms with Gasteiger partial charge in [-0.1, -0.05) is 34.1 Å². The molecule has 0 spiro atoms. The molecule has 2 aromatic rings. The van der Waals surface area contributed by atoms with Crippen molar-refractivity contribution in [1.29, 1.82) is 0 Å². The first-order valence-electron chi connectivity index (χ1n) is 5.93. The van der Waals surface area contributed by atoms with Crippen LogP contribution in [0.4, 0.5) is 4.39 Å². The Labute approximate surface area is 125 Å². The molecular weight excluding hydrogens is 331 g/mol. The fourth-order valence-electron chi connectivity index (χ4n) is 1.79. The lowest BCUT2D eigenvalue weighted by atomic mass is 10.0. The van der Waals surface area contributed by atoms with Gasteiger partial charge >= 0.3 is 0 Å². The molecule has 1 unspecified atom stereocenters. The molecule has 1 atom stereocenters. The summed E-state index contributed by atoms with van der Waals surface area (Å²) in [5.41, 5.74) is 1.31. The molecule has 0 aliphatic rings. The molecular formula is C15H13BrClFO. The fraction of sp³-hybridized carbons (Fsp3) is 0.200. The topological polar surface area (TPSA) is 9.23 Å². The van der Waals surface area contributed by atoms with Crippen molar-refractivity contribution in [1.82, 2.24) is 0 Å². The zero-order valence-electron chi connectivity index (χ0n) is 10.4. The van der Waals surface area contributed by atoms with Gasteiger partial charge in [0.05, 0.1) is 12.0 Å². The van der Waals surface area contributed by atoms with Crippen molar-refractivity contribution < 1.29 is 9.13 Å². The average Bonchev–Trinajstić information content (AvgIpc) is 2.39. The standard InChI is InChI=1S/C15H13BrClFO/c1-2-19-12-6-3-10(4-7-12)15(17)13-8-5-11(16)9-14(13)18/h3-9,15H,2H2,1H3. The summed E-state index contributed by atoms with van der Waals surface area (Å²) >= 11 is 9.55. The Hall–Kier alpha value is -1.06. The molecule has 0 aliphatic heterocycles. The predicted molar refractivity (Wildman–Crippen MR) is 79.4 cm³/mol. The maximum Gasteiger partial charge on any atom is 0.129 e. The molecule has 0 aliphatic carbocycles. The van der Waals surface area contributed by atoms with Crippen LogP contribution in [0.25, 0.3) is 0 Å². The highest BCUT2D eigenvalue weighted by Crippen LogP contribution is 2.32. The van der Waals surface area contributed by atoms with Crippen molar-refractivity contribution in [3.63, 3.8) is 0 Å². The third-order valence-corrected chi connectivity index (χ3v) is 3.70. The molecule has 0 aromatic heterocycles. The van der Waals surface area contributed by atoms with Crippen molar-refractivity contribution >= 4 is 27.5 Å². The Kier molecular flexibility index (Phi) is 4.83. The number of rotatable bonds is 4. The average molecular weight is 344 g/mol. The first kappa shape index (κ1) is 14.4. The van der Waals surface area contributed by atoms with Crippen LogP contribution in [0, 0.1) is 5.82 Å². The Bertz CT molecular complexity index is 557. The molecule has 4 heteroatoms. The summed E-state index contributed by atoms with van der Waals surface area (Å²) in [5.74, 6) is 0.467. The number of alkyl halides is 1. The van der Waals surface area contributed by atoms with Gasteiger partial charge in [0.1, 0.15) is 11.6 Å². The SMILES string of the molecule is CCOc1ccc(C(Cl)c2ccc(Br)cc2F)cc1. The minimum Gasteiger partial charge on any atom is -0.494 e. The number of hydrogen-bond acceptors (Lipinski definition) is 1. The van der Waals surface area contributed by atoms with Crippen LogP contribution in [0.2, 0.25) is 0 Å². The van der Waals surface area contributed by atoms with Gasteiger partial charge in [0.15, 0.2) is 0 Å². The van der Waals surface area contributed by atoms with Crippen LogP contribution in [-0.4, -0.2) is 6.61 Å². The first-order valence-corrected chi connectivity index (χ1v) is 7.16. The first-order chi connectivity index (χ1) is 9.11. The van der Waals surface area contributed by atoms with Crippen molar-refractivity contribution in [3.05, 3.63) is 63.9 Å². The fourth-order valence-corrected chi connectivity index (χ4v) is 2.44. The van der Waals surface area contributed by atoms with Gasteiger partial charge in [-0.2, -0.15) is 0 Å². The molecule has 0 saturated heterocycles. The van der Waals surface area contributed by atoms with E-state index in [4.69, 9.17) is 16.3 Å². The zero-order chi connectivity index (χ0) is 13.8. The highest BCUT2D eigenvalue weighted by atomic mass is 79.9. The molecule has 1 nitrogen and oxygen atoms in total. The Balaban J connectivity index is 2.25. The number of benzene rings is 2. The van der Waals surface area contributed by atoms with E-state index in [0.717, 1.165) is 11.3 Å². The van der Waals surface area contributed by atoms with Crippen molar-refractivity contribution in [2.75, 3.05) is 6.61 Å². The van der Waals surface area contributed by atoms with Gasteiger partial charge in [-0.05, 0) is 36.8 Å². The molecule has 0 amide bonds. The highest BCUT2D eigenvalue weighted by molar-refractivity contribution is 9.10. The Morgan fingerprint density at radius 3 is 2.47 bits per heavy atom. The van der Waals surface area contributed by atoms with E-state index in [9.17, 15) is 4.39 Å². The predicted octanol–water partition coefficient (Wildman–Crippen LogP) is 5.32. The van der Waals surface area contributed by atoms with Crippen LogP contribution in [0.1, 0.15) is 23.4 Å². The molecule has 2 aromatic carbocycles. The minimum atomic E-state index is -0.510. The summed E-state index contributed by atoms with van der Waals surface area (Å²) in [7, 11) is 0. The minimum absolute atomic E-state index is 0.316. The Morgan fingerprint density at radius 2 is 1.89 bits per heavy atom. The molecule has 19 heavy (non-hydrogen) atoms. The molecule has 0 N–H and O–H groups in total. The molecule has 0 fully saturated rings. The third kappa shape index (κ3) is 3.48. The molecule has 0 radical (unpaired) electrons. The lowest BCUT2D eigenvalue weighted by molar-refractivity contribution is 0.340. The van der Waals surface area contributed by atoms with Crippen LogP contribution in [-0.2, 0) is 0 Å². The molecule has 0 bridgehead atoms. The van der Waals surface area contributed by atoms with Gasteiger partial charge in [-0.3, -0.25) is 0 Å².